The molecule has 0 spiro atoms. The average molecular weight is 274 g/mol. The summed E-state index contributed by atoms with van der Waals surface area (Å²) in [5.41, 5.74) is 1.14. The summed E-state index contributed by atoms with van der Waals surface area (Å²) in [5, 5.41) is 10.4. The minimum atomic E-state index is -0.345. The molecule has 0 bridgehead atoms. The maximum Gasteiger partial charge on any atom is 0.336 e. The van der Waals surface area contributed by atoms with E-state index in [1.54, 1.807) is 12.1 Å². The number of aromatic hydroxyl groups is 1. The molecule has 2 N–H and O–H groups in total. The van der Waals surface area contributed by atoms with E-state index in [0.717, 1.165) is 24.0 Å². The van der Waals surface area contributed by atoms with Gasteiger partial charge in [0.1, 0.15) is 17.9 Å². The minimum Gasteiger partial charge on any atom is -0.508 e. The van der Waals surface area contributed by atoms with Crippen LogP contribution in [0.1, 0.15) is 31.7 Å². The number of rotatable bonds is 2. The van der Waals surface area contributed by atoms with Crippen molar-refractivity contribution >= 4 is 11.0 Å². The van der Waals surface area contributed by atoms with Crippen LogP contribution < -0.4 is 10.5 Å². The molecule has 0 saturated carbocycles. The summed E-state index contributed by atoms with van der Waals surface area (Å²) >= 11 is 0. The van der Waals surface area contributed by atoms with E-state index >= 15 is 0 Å². The smallest absolute Gasteiger partial charge is 0.336 e. The summed E-state index contributed by atoms with van der Waals surface area (Å²) in [7, 11) is 0. The van der Waals surface area contributed by atoms with Gasteiger partial charge in [0.25, 0.3) is 0 Å². The lowest BCUT2D eigenvalue weighted by Gasteiger charge is -2.30. The standard InChI is InChI=1S/C16H19NO3/c1-11-4-2-3-7-17(11)10-12-8-16(19)20-15-9-13(18)5-6-14(12)15/h5-6,8-9,11,18H,2-4,7,10H2,1H3/p+1/t11-/m0/s1. The van der Waals surface area contributed by atoms with E-state index in [-0.39, 0.29) is 11.4 Å². The van der Waals surface area contributed by atoms with Crippen LogP contribution in [0.5, 0.6) is 5.75 Å². The number of hydrogen-bond acceptors (Lipinski definition) is 3. The molecular weight excluding hydrogens is 254 g/mol. The van der Waals surface area contributed by atoms with Gasteiger partial charge >= 0.3 is 5.63 Å². The van der Waals surface area contributed by atoms with Crippen LogP contribution in [0.25, 0.3) is 11.0 Å². The van der Waals surface area contributed by atoms with Gasteiger partial charge in [0.2, 0.25) is 0 Å². The maximum atomic E-state index is 11.7. The largest absolute Gasteiger partial charge is 0.508 e. The first-order valence-electron chi connectivity index (χ1n) is 7.24. The normalized spacial score (nSPS) is 23.1. The van der Waals surface area contributed by atoms with Crippen molar-refractivity contribution in [3.63, 3.8) is 0 Å². The molecule has 0 radical (unpaired) electrons. The van der Waals surface area contributed by atoms with Crippen LogP contribution in [0, 0.1) is 0 Å². The lowest BCUT2D eigenvalue weighted by molar-refractivity contribution is -0.941. The first-order valence-corrected chi connectivity index (χ1v) is 7.24. The van der Waals surface area contributed by atoms with Gasteiger partial charge < -0.3 is 14.4 Å². The van der Waals surface area contributed by atoms with Crippen molar-refractivity contribution < 1.29 is 14.4 Å². The fourth-order valence-electron chi connectivity index (χ4n) is 3.13. The number of hydrogen-bond donors (Lipinski definition) is 2. The maximum absolute atomic E-state index is 11.7. The Morgan fingerprint density at radius 1 is 1.35 bits per heavy atom. The third kappa shape index (κ3) is 2.56. The van der Waals surface area contributed by atoms with Crippen LogP contribution >= 0.6 is 0 Å². The van der Waals surface area contributed by atoms with Crippen molar-refractivity contribution in [1.29, 1.82) is 0 Å². The highest BCUT2D eigenvalue weighted by atomic mass is 16.4. The quantitative estimate of drug-likeness (QED) is 0.815. The molecule has 2 heterocycles. The molecule has 1 aromatic heterocycles. The third-order valence-electron chi connectivity index (χ3n) is 4.31. The number of nitrogens with one attached hydrogen (secondary N) is 1. The summed E-state index contributed by atoms with van der Waals surface area (Å²) in [6, 6.07) is 7.20. The zero-order valence-electron chi connectivity index (χ0n) is 11.7. The highest BCUT2D eigenvalue weighted by Gasteiger charge is 2.23. The van der Waals surface area contributed by atoms with E-state index < -0.39 is 0 Å². The molecule has 4 nitrogen and oxygen atoms in total. The summed E-state index contributed by atoms with van der Waals surface area (Å²) < 4.78 is 5.17. The van der Waals surface area contributed by atoms with Gasteiger partial charge in [-0.1, -0.05) is 0 Å². The first-order chi connectivity index (χ1) is 9.63. The molecule has 4 heteroatoms. The fraction of sp³-hybridized carbons (Fsp3) is 0.438. The Balaban J connectivity index is 2.00. The van der Waals surface area contributed by atoms with Crippen LogP contribution in [0.2, 0.25) is 0 Å². The summed E-state index contributed by atoms with van der Waals surface area (Å²) in [5.74, 6) is 0.122. The van der Waals surface area contributed by atoms with Crippen molar-refractivity contribution in [2.24, 2.45) is 0 Å². The van der Waals surface area contributed by atoms with E-state index in [2.05, 4.69) is 6.92 Å². The summed E-state index contributed by atoms with van der Waals surface area (Å²) in [6.45, 7) is 4.27. The van der Waals surface area contributed by atoms with Crippen molar-refractivity contribution in [1.82, 2.24) is 0 Å². The van der Waals surface area contributed by atoms with Gasteiger partial charge in [0.15, 0.2) is 0 Å². The minimum absolute atomic E-state index is 0.122. The Kier molecular flexibility index (Phi) is 3.49. The molecular formula is C16H20NO3+. The van der Waals surface area contributed by atoms with Crippen molar-refractivity contribution in [3.05, 3.63) is 40.2 Å². The van der Waals surface area contributed by atoms with Gasteiger partial charge in [-0.2, -0.15) is 0 Å². The number of phenolic OH excluding ortho intramolecular Hbond substituents is 1. The summed E-state index contributed by atoms with van der Waals surface area (Å²) in [4.78, 5) is 13.2. The number of quaternary nitrogens is 1. The lowest BCUT2D eigenvalue weighted by atomic mass is 10.0. The molecule has 106 valence electrons. The molecule has 1 aromatic carbocycles. The highest BCUT2D eigenvalue weighted by Crippen LogP contribution is 2.21. The van der Waals surface area contributed by atoms with E-state index in [1.165, 1.54) is 30.2 Å². The predicted molar refractivity (Wildman–Crippen MR) is 77.0 cm³/mol. The highest BCUT2D eigenvalue weighted by molar-refractivity contribution is 5.81. The molecule has 0 aliphatic carbocycles. The molecule has 1 unspecified atom stereocenters. The predicted octanol–water partition coefficient (Wildman–Crippen LogP) is 1.46. The Morgan fingerprint density at radius 2 is 2.20 bits per heavy atom. The van der Waals surface area contributed by atoms with Gasteiger partial charge in [0, 0.05) is 23.1 Å². The van der Waals surface area contributed by atoms with Gasteiger partial charge in [-0.05, 0) is 38.3 Å². The van der Waals surface area contributed by atoms with Gasteiger partial charge in [-0.3, -0.25) is 0 Å². The molecule has 2 atom stereocenters. The molecule has 1 aliphatic heterocycles. The van der Waals surface area contributed by atoms with Crippen molar-refractivity contribution in [2.45, 2.75) is 38.8 Å². The van der Waals surface area contributed by atoms with Gasteiger partial charge in [-0.25, -0.2) is 4.79 Å². The van der Waals surface area contributed by atoms with E-state index in [4.69, 9.17) is 4.42 Å². The Labute approximate surface area is 117 Å². The average Bonchev–Trinajstić information content (AvgIpc) is 2.40. The van der Waals surface area contributed by atoms with Crippen molar-refractivity contribution in [2.75, 3.05) is 6.54 Å². The second-order valence-electron chi connectivity index (χ2n) is 5.75. The second-order valence-corrected chi connectivity index (χ2v) is 5.75. The SMILES string of the molecule is C[C@H]1CCCC[NH+]1Cc1cc(=O)oc2cc(O)ccc12. The molecule has 1 fully saturated rings. The number of phenols is 1. The lowest BCUT2D eigenvalue weighted by Crippen LogP contribution is -3.14. The number of benzene rings is 1. The number of likely N-dealkylation sites (tertiary alicyclic amines) is 1. The molecule has 1 aliphatic rings. The van der Waals surface area contributed by atoms with Crippen LogP contribution in [-0.4, -0.2) is 17.7 Å². The molecule has 3 rings (SSSR count). The van der Waals surface area contributed by atoms with Crippen LogP contribution in [0.4, 0.5) is 0 Å². The third-order valence-corrected chi connectivity index (χ3v) is 4.31. The number of fused-ring (bicyclic) bond motifs is 1. The van der Waals surface area contributed by atoms with Gasteiger partial charge in [0.05, 0.1) is 12.6 Å². The van der Waals surface area contributed by atoms with Crippen LogP contribution in [0.3, 0.4) is 0 Å². The van der Waals surface area contributed by atoms with Crippen molar-refractivity contribution in [3.8, 4) is 5.75 Å². The molecule has 1 saturated heterocycles. The molecule has 2 aromatic rings. The molecule has 20 heavy (non-hydrogen) atoms. The van der Waals surface area contributed by atoms with E-state index in [9.17, 15) is 9.90 Å². The Bertz CT molecular complexity index is 677. The monoisotopic (exact) mass is 274 g/mol. The van der Waals surface area contributed by atoms with Crippen LogP contribution in [0.15, 0.2) is 33.5 Å². The van der Waals surface area contributed by atoms with E-state index in [1.807, 2.05) is 6.07 Å². The molecule has 0 amide bonds. The Hall–Kier alpha value is -1.81. The Morgan fingerprint density at radius 3 is 3.00 bits per heavy atom. The topological polar surface area (TPSA) is 54.9 Å². The van der Waals surface area contributed by atoms with Gasteiger partial charge in [-0.15, -0.1) is 0 Å². The first kappa shape index (κ1) is 13.2. The number of piperidine rings is 1. The second kappa shape index (κ2) is 5.29. The fourth-order valence-corrected chi connectivity index (χ4v) is 3.13. The zero-order chi connectivity index (χ0) is 14.1. The van der Waals surface area contributed by atoms with E-state index in [0.29, 0.717) is 11.6 Å². The zero-order valence-corrected chi connectivity index (χ0v) is 11.7. The summed E-state index contributed by atoms with van der Waals surface area (Å²) in [6.07, 6.45) is 3.80. The van der Waals surface area contributed by atoms with Crippen LogP contribution in [-0.2, 0) is 6.54 Å².